The van der Waals surface area contributed by atoms with E-state index in [-0.39, 0.29) is 36.4 Å². The molecule has 2 aliphatic carbocycles. The number of rotatable bonds is 4. The molecule has 0 spiro atoms. The van der Waals surface area contributed by atoms with Gasteiger partial charge in [0.2, 0.25) is 5.91 Å². The number of nitrogens with one attached hydrogen (secondary N) is 2. The van der Waals surface area contributed by atoms with Gasteiger partial charge in [-0.05, 0) is 55.7 Å². The number of carbonyl (C=O) groups excluding carboxylic acids is 1. The highest BCUT2D eigenvalue weighted by molar-refractivity contribution is 14.0. The van der Waals surface area contributed by atoms with Crippen LogP contribution in [0.3, 0.4) is 0 Å². The number of hydrogen-bond acceptors (Lipinski definition) is 2. The number of amides is 1. The molecule has 0 radical (unpaired) electrons. The average Bonchev–Trinajstić information content (AvgIpc) is 2.61. The number of benzene rings is 1. The quantitative estimate of drug-likeness (QED) is 0.369. The molecule has 0 aromatic heterocycles. The number of nitrogens with two attached hydrogens (primary N) is 1. The van der Waals surface area contributed by atoms with Crippen LogP contribution in [0.4, 0.5) is 5.69 Å². The van der Waals surface area contributed by atoms with Crippen LogP contribution in [-0.4, -0.2) is 24.5 Å². The van der Waals surface area contributed by atoms with E-state index in [1.807, 2.05) is 6.07 Å². The lowest BCUT2D eigenvalue weighted by Gasteiger charge is -2.22. The first kappa shape index (κ1) is 20.0. The van der Waals surface area contributed by atoms with Crippen LogP contribution >= 0.6 is 24.0 Å². The molecule has 0 saturated heterocycles. The molecule has 138 valence electrons. The number of carbonyl (C=O) groups is 1. The maximum Gasteiger partial charge on any atom is 0.242 e. The first-order valence-electron chi connectivity index (χ1n) is 9.19. The molecule has 0 atom stereocenters. The van der Waals surface area contributed by atoms with Crippen molar-refractivity contribution in [2.24, 2.45) is 10.7 Å². The summed E-state index contributed by atoms with van der Waals surface area (Å²) in [5, 5.41) is 6.24. The number of nitrogens with zero attached hydrogens (tertiary/aromatic N) is 1. The number of aliphatic imine (C=N–C) groups is 1. The third-order valence-corrected chi connectivity index (χ3v) is 5.02. The van der Waals surface area contributed by atoms with Crippen molar-refractivity contribution in [3.63, 3.8) is 0 Å². The monoisotopic (exact) mass is 456 g/mol. The molecule has 2 aliphatic rings. The van der Waals surface area contributed by atoms with Crippen molar-refractivity contribution in [2.75, 3.05) is 11.9 Å². The largest absolute Gasteiger partial charge is 0.370 e. The Kier molecular flexibility index (Phi) is 7.99. The predicted molar refractivity (Wildman–Crippen MR) is 114 cm³/mol. The molecule has 1 saturated carbocycles. The Hall–Kier alpha value is -1.31. The highest BCUT2D eigenvalue weighted by atomic mass is 127. The van der Waals surface area contributed by atoms with Gasteiger partial charge in [0.15, 0.2) is 5.96 Å². The predicted octanol–water partition coefficient (Wildman–Crippen LogP) is 3.36. The van der Waals surface area contributed by atoms with Crippen molar-refractivity contribution in [2.45, 2.75) is 63.8 Å². The number of halogens is 1. The van der Waals surface area contributed by atoms with Gasteiger partial charge in [0.05, 0.1) is 0 Å². The number of fused-ring (bicyclic) bond motifs is 1. The normalized spacial score (nSPS) is 18.0. The van der Waals surface area contributed by atoms with Gasteiger partial charge in [-0.1, -0.05) is 31.4 Å². The van der Waals surface area contributed by atoms with E-state index in [0.29, 0.717) is 12.0 Å². The Morgan fingerprint density at radius 3 is 2.68 bits per heavy atom. The van der Waals surface area contributed by atoms with Gasteiger partial charge >= 0.3 is 0 Å². The van der Waals surface area contributed by atoms with Crippen LogP contribution in [0.5, 0.6) is 0 Å². The Bertz CT molecular complexity index is 611. The Morgan fingerprint density at radius 1 is 1.12 bits per heavy atom. The van der Waals surface area contributed by atoms with E-state index in [0.717, 1.165) is 31.4 Å². The summed E-state index contributed by atoms with van der Waals surface area (Å²) in [5.74, 6) is 0.273. The van der Waals surface area contributed by atoms with Crippen molar-refractivity contribution >= 4 is 41.5 Å². The minimum absolute atomic E-state index is 0. The molecule has 6 heteroatoms. The molecular weight excluding hydrogens is 427 g/mol. The van der Waals surface area contributed by atoms with E-state index in [1.165, 1.54) is 43.2 Å². The van der Waals surface area contributed by atoms with Crippen molar-refractivity contribution in [3.8, 4) is 0 Å². The van der Waals surface area contributed by atoms with Crippen molar-refractivity contribution < 1.29 is 4.79 Å². The molecular formula is C19H29IN4O. The van der Waals surface area contributed by atoms with Crippen LogP contribution in [0.25, 0.3) is 0 Å². The molecule has 0 bridgehead atoms. The fourth-order valence-electron chi connectivity index (χ4n) is 3.75. The lowest BCUT2D eigenvalue weighted by Crippen LogP contribution is -2.38. The highest BCUT2D eigenvalue weighted by Crippen LogP contribution is 2.27. The van der Waals surface area contributed by atoms with Crippen molar-refractivity contribution in [3.05, 3.63) is 29.3 Å². The van der Waals surface area contributed by atoms with Crippen LogP contribution in [0.2, 0.25) is 0 Å². The van der Waals surface area contributed by atoms with Crippen LogP contribution in [0.1, 0.15) is 56.1 Å². The van der Waals surface area contributed by atoms with Crippen LogP contribution < -0.4 is 16.4 Å². The second-order valence-corrected chi connectivity index (χ2v) is 6.88. The minimum Gasteiger partial charge on any atom is -0.370 e. The maximum absolute atomic E-state index is 12.0. The first-order chi connectivity index (χ1) is 11.7. The van der Waals surface area contributed by atoms with E-state index in [9.17, 15) is 4.79 Å². The molecule has 0 unspecified atom stereocenters. The maximum atomic E-state index is 12.0. The van der Waals surface area contributed by atoms with Crippen molar-refractivity contribution in [1.29, 1.82) is 0 Å². The summed E-state index contributed by atoms with van der Waals surface area (Å²) < 4.78 is 0. The zero-order chi connectivity index (χ0) is 16.8. The minimum atomic E-state index is -0.0401. The SMILES string of the molecule is I.NC(=NCC(=O)NC1CCCCC1)Nc1cccc2c1CCCC2. The summed E-state index contributed by atoms with van der Waals surface area (Å²) >= 11 is 0. The van der Waals surface area contributed by atoms with Gasteiger partial charge < -0.3 is 16.4 Å². The molecule has 1 aromatic carbocycles. The molecule has 0 aliphatic heterocycles. The van der Waals surface area contributed by atoms with E-state index < -0.39 is 0 Å². The van der Waals surface area contributed by atoms with Gasteiger partial charge in [-0.25, -0.2) is 4.99 Å². The summed E-state index contributed by atoms with van der Waals surface area (Å²) in [6, 6.07) is 6.59. The summed E-state index contributed by atoms with van der Waals surface area (Å²) in [6.45, 7) is 0.0877. The van der Waals surface area contributed by atoms with E-state index in [4.69, 9.17) is 5.73 Å². The second kappa shape index (κ2) is 9.99. The first-order valence-corrected chi connectivity index (χ1v) is 9.19. The number of hydrogen-bond donors (Lipinski definition) is 3. The number of anilines is 1. The standard InChI is InChI=1S/C19H28N4O.HI/c20-19(21-13-18(24)22-15-9-2-1-3-10-15)23-17-12-6-8-14-7-4-5-11-16(14)17;/h6,8,12,15H,1-5,7,9-11,13H2,(H,22,24)(H3,20,21,23);1H. The molecule has 3 rings (SSSR count). The Labute approximate surface area is 167 Å². The molecule has 1 amide bonds. The Morgan fingerprint density at radius 2 is 1.88 bits per heavy atom. The molecule has 4 N–H and O–H groups in total. The molecule has 25 heavy (non-hydrogen) atoms. The van der Waals surface area contributed by atoms with Gasteiger partial charge in [0.1, 0.15) is 6.54 Å². The third-order valence-electron chi connectivity index (χ3n) is 5.02. The Balaban J connectivity index is 0.00000225. The average molecular weight is 456 g/mol. The second-order valence-electron chi connectivity index (χ2n) is 6.88. The smallest absolute Gasteiger partial charge is 0.242 e. The summed E-state index contributed by atoms with van der Waals surface area (Å²) in [4.78, 5) is 16.2. The summed E-state index contributed by atoms with van der Waals surface area (Å²) in [7, 11) is 0. The van der Waals surface area contributed by atoms with E-state index in [1.54, 1.807) is 0 Å². The van der Waals surface area contributed by atoms with Gasteiger partial charge in [-0.15, -0.1) is 24.0 Å². The van der Waals surface area contributed by atoms with E-state index >= 15 is 0 Å². The van der Waals surface area contributed by atoms with Gasteiger partial charge in [0, 0.05) is 11.7 Å². The third kappa shape index (κ3) is 5.87. The molecule has 5 nitrogen and oxygen atoms in total. The van der Waals surface area contributed by atoms with Crippen LogP contribution in [0, 0.1) is 0 Å². The van der Waals surface area contributed by atoms with Gasteiger partial charge in [-0.2, -0.15) is 0 Å². The van der Waals surface area contributed by atoms with Gasteiger partial charge in [0.25, 0.3) is 0 Å². The fourth-order valence-corrected chi connectivity index (χ4v) is 3.75. The molecule has 1 fully saturated rings. The van der Waals surface area contributed by atoms with Gasteiger partial charge in [-0.3, -0.25) is 4.79 Å². The highest BCUT2D eigenvalue weighted by Gasteiger charge is 2.16. The number of aryl methyl sites for hydroxylation is 1. The summed E-state index contributed by atoms with van der Waals surface area (Å²) in [6.07, 6.45) is 10.5. The lowest BCUT2D eigenvalue weighted by molar-refractivity contribution is -0.120. The van der Waals surface area contributed by atoms with Crippen LogP contribution in [-0.2, 0) is 17.6 Å². The van der Waals surface area contributed by atoms with E-state index in [2.05, 4.69) is 27.8 Å². The van der Waals surface area contributed by atoms with Crippen LogP contribution in [0.15, 0.2) is 23.2 Å². The zero-order valence-electron chi connectivity index (χ0n) is 14.7. The lowest BCUT2D eigenvalue weighted by atomic mass is 9.90. The number of guanidine groups is 1. The zero-order valence-corrected chi connectivity index (χ0v) is 17.1. The molecule has 0 heterocycles. The topological polar surface area (TPSA) is 79.5 Å². The molecule has 1 aromatic rings. The van der Waals surface area contributed by atoms with Crippen molar-refractivity contribution in [1.82, 2.24) is 5.32 Å². The fraction of sp³-hybridized carbons (Fsp3) is 0.579. The summed E-state index contributed by atoms with van der Waals surface area (Å²) in [5.41, 5.74) is 9.75.